The number of nitrogens with one attached hydrogen (secondary N) is 1. The fraction of sp³-hybridized carbons (Fsp3) is 0.611. The van der Waals surface area contributed by atoms with Crippen molar-refractivity contribution in [3.63, 3.8) is 0 Å². The number of amides is 1. The van der Waals surface area contributed by atoms with Crippen molar-refractivity contribution in [2.75, 3.05) is 33.3 Å². The molecule has 0 aliphatic carbocycles. The van der Waals surface area contributed by atoms with E-state index < -0.39 is 0 Å². The lowest BCUT2D eigenvalue weighted by molar-refractivity contribution is -0.131. The topological polar surface area (TPSA) is 41.6 Å². The minimum atomic E-state index is 0.225. The maximum atomic E-state index is 12.3. The highest BCUT2D eigenvalue weighted by atomic mass is 16.5. The second-order valence-corrected chi connectivity index (χ2v) is 6.25. The lowest BCUT2D eigenvalue weighted by Gasteiger charge is -2.29. The maximum Gasteiger partial charge on any atom is 0.222 e. The number of hydrogen-bond acceptors (Lipinski definition) is 3. The van der Waals surface area contributed by atoms with E-state index in [-0.39, 0.29) is 5.91 Å². The molecule has 1 unspecified atom stereocenters. The van der Waals surface area contributed by atoms with E-state index in [1.165, 1.54) is 12.8 Å². The van der Waals surface area contributed by atoms with Gasteiger partial charge in [-0.1, -0.05) is 25.1 Å². The Bertz CT molecular complexity index is 444. The van der Waals surface area contributed by atoms with Crippen molar-refractivity contribution in [1.82, 2.24) is 10.2 Å². The van der Waals surface area contributed by atoms with Crippen LogP contribution in [-0.4, -0.2) is 44.1 Å². The first kappa shape index (κ1) is 16.8. The summed E-state index contributed by atoms with van der Waals surface area (Å²) >= 11 is 0. The first-order valence-corrected chi connectivity index (χ1v) is 8.29. The van der Waals surface area contributed by atoms with Crippen molar-refractivity contribution in [3.05, 3.63) is 30.3 Å². The standard InChI is InChI=1S/C18H28N2O2/c1-15(16-8-10-19-11-9-16)14-18(21)20(2)12-13-22-17-6-4-3-5-7-17/h3-7,15-16,19H,8-14H2,1-2H3. The minimum Gasteiger partial charge on any atom is -0.492 e. The number of benzene rings is 1. The molecule has 0 spiro atoms. The molecule has 4 nitrogen and oxygen atoms in total. The van der Waals surface area contributed by atoms with Crippen LogP contribution in [0.4, 0.5) is 0 Å². The Hall–Kier alpha value is -1.55. The maximum absolute atomic E-state index is 12.3. The van der Waals surface area contributed by atoms with Crippen LogP contribution in [0.3, 0.4) is 0 Å². The molecule has 22 heavy (non-hydrogen) atoms. The van der Waals surface area contributed by atoms with Gasteiger partial charge < -0.3 is 15.0 Å². The number of hydrogen-bond donors (Lipinski definition) is 1. The number of likely N-dealkylation sites (N-methyl/N-ethyl adjacent to an activating group) is 1. The van der Waals surface area contributed by atoms with E-state index in [2.05, 4.69) is 12.2 Å². The van der Waals surface area contributed by atoms with E-state index in [4.69, 9.17) is 4.74 Å². The molecular formula is C18H28N2O2. The molecule has 122 valence electrons. The number of carbonyl (C=O) groups is 1. The molecule has 2 rings (SSSR count). The summed E-state index contributed by atoms with van der Waals surface area (Å²) in [6, 6.07) is 9.72. The minimum absolute atomic E-state index is 0.225. The number of ether oxygens (including phenoxy) is 1. The third kappa shape index (κ3) is 5.34. The van der Waals surface area contributed by atoms with Crippen LogP contribution in [-0.2, 0) is 4.79 Å². The van der Waals surface area contributed by atoms with Gasteiger partial charge in [0.15, 0.2) is 0 Å². The number of para-hydroxylation sites is 1. The van der Waals surface area contributed by atoms with Gasteiger partial charge in [0.1, 0.15) is 12.4 Å². The smallest absolute Gasteiger partial charge is 0.222 e. The zero-order chi connectivity index (χ0) is 15.8. The van der Waals surface area contributed by atoms with Crippen LogP contribution in [0.2, 0.25) is 0 Å². The third-order valence-corrected chi connectivity index (χ3v) is 4.55. The van der Waals surface area contributed by atoms with Gasteiger partial charge in [0.2, 0.25) is 5.91 Å². The summed E-state index contributed by atoms with van der Waals surface area (Å²) in [7, 11) is 1.87. The highest BCUT2D eigenvalue weighted by Crippen LogP contribution is 2.24. The van der Waals surface area contributed by atoms with Gasteiger partial charge in [-0.3, -0.25) is 4.79 Å². The molecule has 1 N–H and O–H groups in total. The highest BCUT2D eigenvalue weighted by molar-refractivity contribution is 5.76. The van der Waals surface area contributed by atoms with Gasteiger partial charge in [0, 0.05) is 13.5 Å². The highest BCUT2D eigenvalue weighted by Gasteiger charge is 2.23. The molecule has 1 aliphatic heterocycles. The summed E-state index contributed by atoms with van der Waals surface area (Å²) in [5, 5.41) is 3.38. The zero-order valence-electron chi connectivity index (χ0n) is 13.8. The third-order valence-electron chi connectivity index (χ3n) is 4.55. The Morgan fingerprint density at radius 1 is 1.32 bits per heavy atom. The van der Waals surface area contributed by atoms with E-state index in [0.29, 0.717) is 31.4 Å². The molecule has 0 radical (unpaired) electrons. The molecule has 1 aliphatic rings. The largest absolute Gasteiger partial charge is 0.492 e. The first-order chi connectivity index (χ1) is 10.7. The van der Waals surface area contributed by atoms with Crippen molar-refractivity contribution in [2.45, 2.75) is 26.2 Å². The number of carbonyl (C=O) groups excluding carboxylic acids is 1. The molecule has 4 heteroatoms. The van der Waals surface area contributed by atoms with Gasteiger partial charge in [-0.15, -0.1) is 0 Å². The summed E-state index contributed by atoms with van der Waals surface area (Å²) in [6.45, 7) is 5.55. The molecule has 1 aromatic carbocycles. The fourth-order valence-corrected chi connectivity index (χ4v) is 2.95. The summed E-state index contributed by atoms with van der Waals surface area (Å²) in [5.41, 5.74) is 0. The van der Waals surface area contributed by atoms with E-state index in [9.17, 15) is 4.79 Å². The average molecular weight is 304 g/mol. The molecule has 1 amide bonds. The molecule has 1 fully saturated rings. The summed E-state index contributed by atoms with van der Waals surface area (Å²) < 4.78 is 5.65. The van der Waals surface area contributed by atoms with Crippen molar-refractivity contribution >= 4 is 5.91 Å². The van der Waals surface area contributed by atoms with Crippen LogP contribution in [0.25, 0.3) is 0 Å². The normalized spacial score (nSPS) is 17.0. The van der Waals surface area contributed by atoms with Crippen LogP contribution >= 0.6 is 0 Å². The Morgan fingerprint density at radius 3 is 2.68 bits per heavy atom. The predicted octanol–water partition coefficient (Wildman–Crippen LogP) is 2.55. The molecule has 1 saturated heterocycles. The fourth-order valence-electron chi connectivity index (χ4n) is 2.95. The Kier molecular flexibility index (Phi) is 6.72. The SMILES string of the molecule is CC(CC(=O)N(C)CCOc1ccccc1)C1CCNCC1. The van der Waals surface area contributed by atoms with E-state index >= 15 is 0 Å². The van der Waals surface area contributed by atoms with Crippen LogP contribution in [0, 0.1) is 11.8 Å². The number of piperidine rings is 1. The summed E-state index contributed by atoms with van der Waals surface area (Å²) in [6.07, 6.45) is 3.02. The van der Waals surface area contributed by atoms with E-state index in [1.54, 1.807) is 4.90 Å². The quantitative estimate of drug-likeness (QED) is 0.842. The lowest BCUT2D eigenvalue weighted by Crippen LogP contribution is -2.35. The van der Waals surface area contributed by atoms with Crippen molar-refractivity contribution in [2.24, 2.45) is 11.8 Å². The molecule has 0 aromatic heterocycles. The molecular weight excluding hydrogens is 276 g/mol. The molecule has 0 saturated carbocycles. The van der Waals surface area contributed by atoms with Crippen molar-refractivity contribution in [1.29, 1.82) is 0 Å². The van der Waals surface area contributed by atoms with Gasteiger partial charge in [-0.05, 0) is 49.9 Å². The first-order valence-electron chi connectivity index (χ1n) is 8.29. The number of nitrogens with zero attached hydrogens (tertiary/aromatic N) is 1. The van der Waals surface area contributed by atoms with Gasteiger partial charge >= 0.3 is 0 Å². The molecule has 0 bridgehead atoms. The Morgan fingerprint density at radius 2 is 2.00 bits per heavy atom. The van der Waals surface area contributed by atoms with Gasteiger partial charge in [-0.25, -0.2) is 0 Å². The Balaban J connectivity index is 1.67. The predicted molar refractivity (Wildman–Crippen MR) is 88.9 cm³/mol. The monoisotopic (exact) mass is 304 g/mol. The van der Waals surface area contributed by atoms with Crippen LogP contribution < -0.4 is 10.1 Å². The summed E-state index contributed by atoms with van der Waals surface area (Å²) in [4.78, 5) is 14.1. The van der Waals surface area contributed by atoms with E-state index in [0.717, 1.165) is 18.8 Å². The van der Waals surface area contributed by atoms with Crippen molar-refractivity contribution in [3.8, 4) is 5.75 Å². The van der Waals surface area contributed by atoms with Gasteiger partial charge in [-0.2, -0.15) is 0 Å². The van der Waals surface area contributed by atoms with Crippen LogP contribution in [0.1, 0.15) is 26.2 Å². The second kappa shape index (κ2) is 8.79. The van der Waals surface area contributed by atoms with Crippen molar-refractivity contribution < 1.29 is 9.53 Å². The molecule has 1 heterocycles. The summed E-state index contributed by atoms with van der Waals surface area (Å²) in [5.74, 6) is 2.22. The lowest BCUT2D eigenvalue weighted by atomic mass is 9.84. The average Bonchev–Trinajstić information content (AvgIpc) is 2.56. The van der Waals surface area contributed by atoms with E-state index in [1.807, 2.05) is 37.4 Å². The molecule has 1 atom stereocenters. The number of rotatable bonds is 7. The Labute approximate surface area is 133 Å². The van der Waals surface area contributed by atoms with Gasteiger partial charge in [0.05, 0.1) is 6.54 Å². The second-order valence-electron chi connectivity index (χ2n) is 6.25. The van der Waals surface area contributed by atoms with Gasteiger partial charge in [0.25, 0.3) is 0 Å². The zero-order valence-corrected chi connectivity index (χ0v) is 13.8. The van der Waals surface area contributed by atoms with Crippen LogP contribution in [0.15, 0.2) is 30.3 Å². The molecule has 1 aromatic rings. The van der Waals surface area contributed by atoms with Crippen LogP contribution in [0.5, 0.6) is 5.75 Å².